The van der Waals surface area contributed by atoms with Crippen LogP contribution in [0.1, 0.15) is 41.7 Å². The number of benzene rings is 2. The van der Waals surface area contributed by atoms with Gasteiger partial charge in [0.25, 0.3) is 5.91 Å². The van der Waals surface area contributed by atoms with Gasteiger partial charge in [-0.2, -0.15) is 18.3 Å². The largest absolute Gasteiger partial charge is 0.416 e. The first kappa shape index (κ1) is 20.1. The molecule has 2 N–H and O–H groups in total. The normalized spacial score (nSPS) is 23.9. The van der Waals surface area contributed by atoms with Crippen LogP contribution in [0.25, 0.3) is 22.0 Å². The van der Waals surface area contributed by atoms with E-state index in [0.29, 0.717) is 39.8 Å². The summed E-state index contributed by atoms with van der Waals surface area (Å²) in [4.78, 5) is 15.3. The van der Waals surface area contributed by atoms with Gasteiger partial charge in [0.2, 0.25) is 0 Å². The van der Waals surface area contributed by atoms with Crippen molar-refractivity contribution < 1.29 is 18.0 Å². The molecule has 0 saturated carbocycles. The Morgan fingerprint density at radius 2 is 1.81 bits per heavy atom. The number of amides is 1. The molecule has 2 aliphatic rings. The standard InChI is InChI=1S/C23H23F3N4O/c1-30-17-6-7-18(30)12-16(11-17)27-22(31)21-19-8-5-14(10-20(19)28-29-21)13-3-2-4-15(9-13)23(24,25)26/h2-5,8-10,16-18H,6-7,11-12H2,1H3,(H,27,31)(H,28,29). The molecule has 3 aromatic rings. The minimum atomic E-state index is -4.40. The van der Waals surface area contributed by atoms with Crippen LogP contribution in [0, 0.1) is 0 Å². The maximum absolute atomic E-state index is 13.0. The van der Waals surface area contributed by atoms with Gasteiger partial charge in [-0.25, -0.2) is 0 Å². The Kier molecular flexibility index (Phi) is 4.77. The van der Waals surface area contributed by atoms with Crippen LogP contribution >= 0.6 is 0 Å². The molecular formula is C23H23F3N4O. The highest BCUT2D eigenvalue weighted by Gasteiger charge is 2.39. The molecule has 2 unspecified atom stereocenters. The molecule has 5 rings (SSSR count). The van der Waals surface area contributed by atoms with Gasteiger partial charge in [0.05, 0.1) is 11.1 Å². The number of H-pyrrole nitrogens is 1. The van der Waals surface area contributed by atoms with E-state index in [1.807, 2.05) is 0 Å². The third-order valence-corrected chi connectivity index (χ3v) is 6.73. The molecule has 162 valence electrons. The summed E-state index contributed by atoms with van der Waals surface area (Å²) in [5.74, 6) is -0.216. The van der Waals surface area contributed by atoms with E-state index in [4.69, 9.17) is 0 Å². The Morgan fingerprint density at radius 3 is 2.52 bits per heavy atom. The van der Waals surface area contributed by atoms with E-state index in [0.717, 1.165) is 25.0 Å². The summed E-state index contributed by atoms with van der Waals surface area (Å²) in [6.45, 7) is 0. The highest BCUT2D eigenvalue weighted by atomic mass is 19.4. The van der Waals surface area contributed by atoms with Crippen LogP contribution in [0.2, 0.25) is 0 Å². The Morgan fingerprint density at radius 1 is 1.10 bits per heavy atom. The van der Waals surface area contributed by atoms with Crippen molar-refractivity contribution in [2.45, 2.75) is 50.0 Å². The van der Waals surface area contributed by atoms with Crippen LogP contribution in [0.15, 0.2) is 42.5 Å². The summed E-state index contributed by atoms with van der Waals surface area (Å²) in [7, 11) is 2.16. The molecule has 2 bridgehead atoms. The summed E-state index contributed by atoms with van der Waals surface area (Å²) in [6, 6.07) is 11.6. The molecule has 2 aliphatic heterocycles. The predicted molar refractivity (Wildman–Crippen MR) is 112 cm³/mol. The van der Waals surface area contributed by atoms with Gasteiger partial charge in [0.1, 0.15) is 0 Å². The van der Waals surface area contributed by atoms with E-state index in [-0.39, 0.29) is 11.9 Å². The lowest BCUT2D eigenvalue weighted by Gasteiger charge is -2.36. The number of aromatic amines is 1. The highest BCUT2D eigenvalue weighted by Crippen LogP contribution is 2.35. The molecule has 2 fully saturated rings. The Bertz CT molecular complexity index is 1130. The van der Waals surface area contributed by atoms with Crippen molar-refractivity contribution in [1.29, 1.82) is 0 Å². The number of aromatic nitrogens is 2. The SMILES string of the molecule is CN1C2CCC1CC(NC(=O)c1n[nH]c3cc(-c4cccc(C(F)(F)F)c4)ccc13)C2. The number of nitrogens with zero attached hydrogens (tertiary/aromatic N) is 2. The van der Waals surface area contributed by atoms with Crippen molar-refractivity contribution in [3.05, 3.63) is 53.7 Å². The first-order valence-electron chi connectivity index (χ1n) is 10.5. The molecule has 2 atom stereocenters. The second kappa shape index (κ2) is 7.37. The van der Waals surface area contributed by atoms with Gasteiger partial charge in [-0.15, -0.1) is 0 Å². The lowest BCUT2D eigenvalue weighted by molar-refractivity contribution is -0.137. The van der Waals surface area contributed by atoms with Crippen molar-refractivity contribution in [2.75, 3.05) is 7.05 Å². The number of hydrogen-bond acceptors (Lipinski definition) is 3. The number of carbonyl (C=O) groups is 1. The van der Waals surface area contributed by atoms with E-state index in [1.165, 1.54) is 18.9 Å². The van der Waals surface area contributed by atoms with Crippen LogP contribution in [-0.2, 0) is 6.18 Å². The van der Waals surface area contributed by atoms with Gasteiger partial charge >= 0.3 is 6.18 Å². The second-order valence-electron chi connectivity index (χ2n) is 8.60. The fraction of sp³-hybridized carbons (Fsp3) is 0.391. The van der Waals surface area contributed by atoms with Crippen molar-refractivity contribution in [2.24, 2.45) is 0 Å². The predicted octanol–water partition coefficient (Wildman–Crippen LogP) is 4.60. The van der Waals surface area contributed by atoms with Crippen molar-refractivity contribution in [3.8, 4) is 11.1 Å². The van der Waals surface area contributed by atoms with E-state index in [9.17, 15) is 18.0 Å². The highest BCUT2D eigenvalue weighted by molar-refractivity contribution is 6.05. The molecular weight excluding hydrogens is 405 g/mol. The van der Waals surface area contributed by atoms with Gasteiger partial charge in [-0.1, -0.05) is 18.2 Å². The van der Waals surface area contributed by atoms with E-state index < -0.39 is 11.7 Å². The first-order valence-corrected chi connectivity index (χ1v) is 10.5. The number of nitrogens with one attached hydrogen (secondary N) is 2. The third-order valence-electron chi connectivity index (χ3n) is 6.73. The molecule has 2 aromatic carbocycles. The molecule has 2 saturated heterocycles. The molecule has 0 aliphatic carbocycles. The van der Waals surface area contributed by atoms with E-state index in [1.54, 1.807) is 24.3 Å². The number of piperidine rings is 1. The molecule has 5 nitrogen and oxygen atoms in total. The fourth-order valence-corrected chi connectivity index (χ4v) is 5.03. The monoisotopic (exact) mass is 428 g/mol. The van der Waals surface area contributed by atoms with Gasteiger partial charge in [-0.3, -0.25) is 9.89 Å². The topological polar surface area (TPSA) is 61.0 Å². The Balaban J connectivity index is 1.37. The zero-order valence-corrected chi connectivity index (χ0v) is 17.0. The van der Waals surface area contributed by atoms with Crippen molar-refractivity contribution in [3.63, 3.8) is 0 Å². The first-order chi connectivity index (χ1) is 14.8. The maximum Gasteiger partial charge on any atom is 0.416 e. The van der Waals surface area contributed by atoms with Gasteiger partial charge in [0.15, 0.2) is 5.69 Å². The van der Waals surface area contributed by atoms with Gasteiger partial charge in [0, 0.05) is 23.5 Å². The van der Waals surface area contributed by atoms with Gasteiger partial charge < -0.3 is 10.2 Å². The quantitative estimate of drug-likeness (QED) is 0.641. The summed E-state index contributed by atoms with van der Waals surface area (Å²) in [6.07, 6.45) is -0.150. The maximum atomic E-state index is 13.0. The lowest BCUT2D eigenvalue weighted by Crippen LogP contribution is -2.48. The van der Waals surface area contributed by atoms with Crippen molar-refractivity contribution in [1.82, 2.24) is 20.4 Å². The molecule has 0 radical (unpaired) electrons. The summed E-state index contributed by atoms with van der Waals surface area (Å²) >= 11 is 0. The average molecular weight is 428 g/mol. The minimum Gasteiger partial charge on any atom is -0.348 e. The van der Waals surface area contributed by atoms with Crippen LogP contribution in [0.3, 0.4) is 0 Å². The zero-order valence-electron chi connectivity index (χ0n) is 17.0. The number of alkyl halides is 3. The third kappa shape index (κ3) is 3.69. The summed E-state index contributed by atoms with van der Waals surface area (Å²) in [5.41, 5.74) is 1.32. The molecule has 0 spiro atoms. The number of carbonyl (C=O) groups excluding carboxylic acids is 1. The lowest BCUT2D eigenvalue weighted by atomic mass is 9.97. The summed E-state index contributed by atoms with van der Waals surface area (Å²) in [5, 5.41) is 10.8. The minimum absolute atomic E-state index is 0.136. The molecule has 3 heterocycles. The molecule has 1 amide bonds. The Hall–Kier alpha value is -2.87. The van der Waals surface area contributed by atoms with E-state index >= 15 is 0 Å². The molecule has 31 heavy (non-hydrogen) atoms. The summed E-state index contributed by atoms with van der Waals surface area (Å²) < 4.78 is 39.1. The second-order valence-corrected chi connectivity index (χ2v) is 8.60. The zero-order chi connectivity index (χ0) is 21.8. The van der Waals surface area contributed by atoms with Crippen molar-refractivity contribution >= 4 is 16.8 Å². The molecule has 8 heteroatoms. The van der Waals surface area contributed by atoms with Crippen LogP contribution in [0.5, 0.6) is 0 Å². The molecule has 1 aromatic heterocycles. The van der Waals surface area contributed by atoms with Crippen LogP contribution < -0.4 is 5.32 Å². The van der Waals surface area contributed by atoms with Gasteiger partial charge in [-0.05, 0) is 68.1 Å². The Labute approximate surface area is 177 Å². The number of halogens is 3. The average Bonchev–Trinajstić information content (AvgIpc) is 3.24. The fourth-order valence-electron chi connectivity index (χ4n) is 5.03. The van der Waals surface area contributed by atoms with E-state index in [2.05, 4.69) is 27.5 Å². The number of hydrogen-bond donors (Lipinski definition) is 2. The number of fused-ring (bicyclic) bond motifs is 3. The smallest absolute Gasteiger partial charge is 0.348 e. The van der Waals surface area contributed by atoms with Crippen LogP contribution in [0.4, 0.5) is 13.2 Å². The van der Waals surface area contributed by atoms with Crippen LogP contribution in [-0.4, -0.2) is 46.2 Å². The number of rotatable bonds is 3.